The highest BCUT2D eigenvalue weighted by atomic mass is 35.5. The van der Waals surface area contributed by atoms with Crippen molar-refractivity contribution in [2.45, 2.75) is 25.9 Å². The van der Waals surface area contributed by atoms with Crippen molar-refractivity contribution in [1.29, 1.82) is 0 Å². The third kappa shape index (κ3) is 2.86. The first-order valence-corrected chi connectivity index (χ1v) is 7.69. The molecule has 3 rings (SSSR count). The maximum atomic E-state index is 12.8. The van der Waals surface area contributed by atoms with Gasteiger partial charge in [-0.25, -0.2) is 0 Å². The van der Waals surface area contributed by atoms with Gasteiger partial charge in [-0.1, -0.05) is 18.5 Å². The third-order valence-corrected chi connectivity index (χ3v) is 3.92. The number of aromatic nitrogens is 4. The summed E-state index contributed by atoms with van der Waals surface area (Å²) in [6, 6.07) is 1.65. The van der Waals surface area contributed by atoms with Crippen LogP contribution in [0.2, 0.25) is 5.02 Å². The average Bonchev–Trinajstić information content (AvgIpc) is 3.17. The van der Waals surface area contributed by atoms with Crippen molar-refractivity contribution in [3.8, 4) is 0 Å². The molecule has 1 saturated heterocycles. The zero-order chi connectivity index (χ0) is 15.5. The van der Waals surface area contributed by atoms with E-state index in [1.807, 2.05) is 13.0 Å². The van der Waals surface area contributed by atoms with E-state index in [9.17, 15) is 4.79 Å². The molecule has 3 heterocycles. The predicted molar refractivity (Wildman–Crippen MR) is 80.7 cm³/mol. The number of carbonyl (C=O) groups is 1. The Kier molecular flexibility index (Phi) is 4.44. The number of halogens is 1. The Hall–Kier alpha value is -1.86. The van der Waals surface area contributed by atoms with Gasteiger partial charge in [-0.15, -0.1) is 0 Å². The van der Waals surface area contributed by atoms with Crippen molar-refractivity contribution in [1.82, 2.24) is 24.9 Å². The Balaban J connectivity index is 1.86. The van der Waals surface area contributed by atoms with E-state index < -0.39 is 0 Å². The van der Waals surface area contributed by atoms with E-state index in [4.69, 9.17) is 16.3 Å². The summed E-state index contributed by atoms with van der Waals surface area (Å²) in [5.41, 5.74) is 1.14. The van der Waals surface area contributed by atoms with Gasteiger partial charge < -0.3 is 9.64 Å². The summed E-state index contributed by atoms with van der Waals surface area (Å²) in [5, 5.41) is 11.5. The second-order valence-electron chi connectivity index (χ2n) is 5.19. The van der Waals surface area contributed by atoms with Gasteiger partial charge in [-0.2, -0.15) is 10.2 Å². The number of morpholine rings is 1. The maximum absolute atomic E-state index is 12.8. The number of ether oxygens (including phenoxy) is 1. The van der Waals surface area contributed by atoms with Crippen LogP contribution in [0.25, 0.3) is 0 Å². The van der Waals surface area contributed by atoms with E-state index in [1.165, 1.54) is 0 Å². The van der Waals surface area contributed by atoms with Gasteiger partial charge >= 0.3 is 0 Å². The minimum atomic E-state index is -0.198. The van der Waals surface area contributed by atoms with Crippen LogP contribution in [-0.4, -0.2) is 50.5 Å². The molecular weight excluding hydrogens is 306 g/mol. The molecule has 2 aromatic rings. The summed E-state index contributed by atoms with van der Waals surface area (Å²) in [6.45, 7) is 4.22. The summed E-state index contributed by atoms with van der Waals surface area (Å²) >= 11 is 6.19. The number of aromatic amines is 1. The fraction of sp³-hybridized carbons (Fsp3) is 0.500. The molecule has 1 unspecified atom stereocenters. The lowest BCUT2D eigenvalue weighted by Gasteiger charge is -2.34. The molecule has 1 atom stereocenters. The second-order valence-corrected chi connectivity index (χ2v) is 5.60. The van der Waals surface area contributed by atoms with Gasteiger partial charge in [0.15, 0.2) is 5.69 Å². The van der Waals surface area contributed by atoms with E-state index in [2.05, 4.69) is 15.3 Å². The molecule has 2 aromatic heterocycles. The topological polar surface area (TPSA) is 76.0 Å². The van der Waals surface area contributed by atoms with Crippen LogP contribution in [0.1, 0.15) is 35.6 Å². The summed E-state index contributed by atoms with van der Waals surface area (Å²) in [6.07, 6.45) is 4.29. The van der Waals surface area contributed by atoms with Crippen molar-refractivity contribution in [3.05, 3.63) is 34.9 Å². The van der Waals surface area contributed by atoms with Gasteiger partial charge in [-0.05, 0) is 12.5 Å². The fourth-order valence-electron chi connectivity index (χ4n) is 2.58. The summed E-state index contributed by atoms with van der Waals surface area (Å²) in [4.78, 5) is 14.6. The van der Waals surface area contributed by atoms with Gasteiger partial charge in [0, 0.05) is 25.5 Å². The Labute approximate surface area is 133 Å². The van der Waals surface area contributed by atoms with Crippen molar-refractivity contribution in [2.75, 3.05) is 19.8 Å². The van der Waals surface area contributed by atoms with Crippen LogP contribution in [0.3, 0.4) is 0 Å². The molecular formula is C14H18ClN5O2. The molecule has 0 saturated carbocycles. The van der Waals surface area contributed by atoms with Crippen molar-refractivity contribution < 1.29 is 9.53 Å². The zero-order valence-corrected chi connectivity index (χ0v) is 13.1. The molecule has 1 aliphatic rings. The fourth-order valence-corrected chi connectivity index (χ4v) is 2.81. The SMILES string of the molecule is CCCn1cc(Cl)c(C(=O)N2CCOCC2c2ccn[nH]2)n1. The number of carbonyl (C=O) groups excluding carboxylic acids is 1. The van der Waals surface area contributed by atoms with E-state index in [-0.39, 0.29) is 11.9 Å². The summed E-state index contributed by atoms with van der Waals surface area (Å²) in [7, 11) is 0. The summed E-state index contributed by atoms with van der Waals surface area (Å²) < 4.78 is 7.21. The highest BCUT2D eigenvalue weighted by Crippen LogP contribution is 2.26. The lowest BCUT2D eigenvalue weighted by Crippen LogP contribution is -2.43. The second kappa shape index (κ2) is 6.50. The van der Waals surface area contributed by atoms with Gasteiger partial charge in [0.05, 0.1) is 30.0 Å². The van der Waals surface area contributed by atoms with E-state index >= 15 is 0 Å². The van der Waals surface area contributed by atoms with Crippen molar-refractivity contribution >= 4 is 17.5 Å². The Morgan fingerprint density at radius 3 is 3.18 bits per heavy atom. The summed E-state index contributed by atoms with van der Waals surface area (Å²) in [5.74, 6) is -0.178. The van der Waals surface area contributed by atoms with E-state index in [1.54, 1.807) is 22.0 Å². The van der Waals surface area contributed by atoms with Crippen LogP contribution < -0.4 is 0 Å². The Morgan fingerprint density at radius 1 is 1.59 bits per heavy atom. The quantitative estimate of drug-likeness (QED) is 0.932. The van der Waals surface area contributed by atoms with Crippen LogP contribution in [0, 0.1) is 0 Å². The van der Waals surface area contributed by atoms with Crippen LogP contribution in [0.4, 0.5) is 0 Å². The first-order valence-electron chi connectivity index (χ1n) is 7.31. The van der Waals surface area contributed by atoms with Gasteiger partial charge in [-0.3, -0.25) is 14.6 Å². The van der Waals surface area contributed by atoms with E-state index in [0.29, 0.717) is 30.5 Å². The van der Waals surface area contributed by atoms with E-state index in [0.717, 1.165) is 18.7 Å². The number of hydrogen-bond donors (Lipinski definition) is 1. The largest absolute Gasteiger partial charge is 0.377 e. The average molecular weight is 324 g/mol. The number of amides is 1. The smallest absolute Gasteiger partial charge is 0.276 e. The molecule has 1 N–H and O–H groups in total. The first-order chi connectivity index (χ1) is 10.7. The number of H-pyrrole nitrogens is 1. The number of rotatable bonds is 4. The normalized spacial score (nSPS) is 18.6. The highest BCUT2D eigenvalue weighted by molar-refractivity contribution is 6.33. The standard InChI is InChI=1S/C14H18ClN5O2/c1-2-5-19-8-10(15)13(18-19)14(21)20-6-7-22-9-12(20)11-3-4-16-17-11/h3-4,8,12H,2,5-7,9H2,1H3,(H,16,17). The van der Waals surface area contributed by atoms with Crippen LogP contribution >= 0.6 is 11.6 Å². The molecule has 8 heteroatoms. The minimum Gasteiger partial charge on any atom is -0.377 e. The molecule has 0 spiro atoms. The van der Waals surface area contributed by atoms with Crippen LogP contribution in [0.5, 0.6) is 0 Å². The first kappa shape index (κ1) is 15.1. The molecule has 1 amide bonds. The molecule has 0 aromatic carbocycles. The molecule has 1 aliphatic heterocycles. The predicted octanol–water partition coefficient (Wildman–Crippen LogP) is 1.88. The van der Waals surface area contributed by atoms with Gasteiger partial charge in [0.2, 0.25) is 0 Å². The van der Waals surface area contributed by atoms with Crippen LogP contribution in [-0.2, 0) is 11.3 Å². The zero-order valence-electron chi connectivity index (χ0n) is 12.3. The Morgan fingerprint density at radius 2 is 2.45 bits per heavy atom. The number of nitrogens with zero attached hydrogens (tertiary/aromatic N) is 4. The highest BCUT2D eigenvalue weighted by Gasteiger charge is 2.32. The van der Waals surface area contributed by atoms with Gasteiger partial charge in [0.25, 0.3) is 5.91 Å². The molecule has 118 valence electrons. The third-order valence-electron chi connectivity index (χ3n) is 3.64. The molecule has 0 radical (unpaired) electrons. The molecule has 22 heavy (non-hydrogen) atoms. The molecule has 0 aliphatic carbocycles. The molecule has 0 bridgehead atoms. The van der Waals surface area contributed by atoms with Gasteiger partial charge in [0.1, 0.15) is 0 Å². The number of nitrogens with one attached hydrogen (secondary N) is 1. The molecule has 1 fully saturated rings. The monoisotopic (exact) mass is 323 g/mol. The maximum Gasteiger partial charge on any atom is 0.276 e. The van der Waals surface area contributed by atoms with Crippen molar-refractivity contribution in [2.24, 2.45) is 0 Å². The Bertz CT molecular complexity index is 640. The number of aryl methyl sites for hydroxylation is 1. The number of hydrogen-bond acceptors (Lipinski definition) is 4. The minimum absolute atomic E-state index is 0.178. The lowest BCUT2D eigenvalue weighted by atomic mass is 10.1. The van der Waals surface area contributed by atoms with Crippen molar-refractivity contribution in [3.63, 3.8) is 0 Å². The lowest BCUT2D eigenvalue weighted by molar-refractivity contribution is -0.00425. The molecule has 7 nitrogen and oxygen atoms in total. The van der Waals surface area contributed by atoms with Crippen LogP contribution in [0.15, 0.2) is 18.5 Å².